The quantitative estimate of drug-likeness (QED) is 0.778. The molecule has 3 rings (SSSR count). The molecule has 1 aliphatic carbocycles. The zero-order valence-corrected chi connectivity index (χ0v) is 15.3. The Morgan fingerprint density at radius 2 is 1.81 bits per heavy atom. The molecule has 0 saturated heterocycles. The number of nitrogens with zero attached hydrogens (tertiary/aromatic N) is 2. The molecule has 1 aliphatic rings. The summed E-state index contributed by atoms with van der Waals surface area (Å²) < 4.78 is 42.0. The molecule has 0 N–H and O–H groups in total. The highest BCUT2D eigenvalue weighted by molar-refractivity contribution is 7.92. The Kier molecular flexibility index (Phi) is 5.58. The molecule has 0 heterocycles. The van der Waals surface area contributed by atoms with Crippen molar-refractivity contribution in [2.24, 2.45) is 5.92 Å². The molecular formula is C20H21FN2O2S. The molecule has 1 fully saturated rings. The molecule has 136 valence electrons. The van der Waals surface area contributed by atoms with Crippen molar-refractivity contribution in [3.05, 3.63) is 59.9 Å². The van der Waals surface area contributed by atoms with Gasteiger partial charge in [0.15, 0.2) is 0 Å². The smallest absolute Gasteiger partial charge is 0.266 e. The molecule has 0 atom stereocenters. The molecule has 2 aromatic carbocycles. The monoisotopic (exact) mass is 372 g/mol. The Bertz CT molecular complexity index is 915. The summed E-state index contributed by atoms with van der Waals surface area (Å²) in [5.41, 5.74) is 0.776. The van der Waals surface area contributed by atoms with Crippen LogP contribution in [0.3, 0.4) is 0 Å². The summed E-state index contributed by atoms with van der Waals surface area (Å²) in [6, 6.07) is 13.9. The Morgan fingerprint density at radius 1 is 1.08 bits per heavy atom. The first-order valence-electron chi connectivity index (χ1n) is 8.80. The fourth-order valence-electron chi connectivity index (χ4n) is 3.45. The predicted octanol–water partition coefficient (Wildman–Crippen LogP) is 4.47. The van der Waals surface area contributed by atoms with Crippen LogP contribution in [0.25, 0.3) is 0 Å². The topological polar surface area (TPSA) is 61.2 Å². The number of halogens is 1. The van der Waals surface area contributed by atoms with Crippen LogP contribution in [0.5, 0.6) is 0 Å². The van der Waals surface area contributed by atoms with Gasteiger partial charge in [0.2, 0.25) is 0 Å². The second-order valence-electron chi connectivity index (χ2n) is 6.63. The maximum atomic E-state index is 14.2. The highest BCUT2D eigenvalue weighted by Crippen LogP contribution is 2.31. The van der Waals surface area contributed by atoms with Crippen LogP contribution in [0.15, 0.2) is 53.4 Å². The first-order chi connectivity index (χ1) is 12.5. The van der Waals surface area contributed by atoms with E-state index in [0.717, 1.165) is 31.7 Å². The summed E-state index contributed by atoms with van der Waals surface area (Å²) in [6.45, 7) is 0.297. The van der Waals surface area contributed by atoms with E-state index in [-0.39, 0.29) is 10.8 Å². The largest absolute Gasteiger partial charge is 0.267 e. The fraction of sp³-hybridized carbons (Fsp3) is 0.350. The van der Waals surface area contributed by atoms with Crippen molar-refractivity contribution in [1.29, 1.82) is 5.26 Å². The highest BCUT2D eigenvalue weighted by atomic mass is 32.2. The summed E-state index contributed by atoms with van der Waals surface area (Å²) in [7, 11) is -4.06. The third-order valence-electron chi connectivity index (χ3n) is 4.82. The second-order valence-corrected chi connectivity index (χ2v) is 8.46. The average Bonchev–Trinajstić information content (AvgIpc) is 2.67. The number of rotatable bonds is 5. The second kappa shape index (κ2) is 7.88. The van der Waals surface area contributed by atoms with E-state index < -0.39 is 15.8 Å². The van der Waals surface area contributed by atoms with Crippen molar-refractivity contribution < 1.29 is 12.8 Å². The number of anilines is 1. The molecule has 6 heteroatoms. The minimum Gasteiger partial charge on any atom is -0.266 e. The van der Waals surface area contributed by atoms with Gasteiger partial charge in [-0.15, -0.1) is 0 Å². The van der Waals surface area contributed by atoms with E-state index in [0.29, 0.717) is 17.8 Å². The molecule has 0 aromatic heterocycles. The van der Waals surface area contributed by atoms with Gasteiger partial charge in [0.05, 0.1) is 17.3 Å². The molecule has 0 radical (unpaired) electrons. The normalized spacial score (nSPS) is 15.4. The summed E-state index contributed by atoms with van der Waals surface area (Å²) in [4.78, 5) is -0.335. The number of nitriles is 1. The Morgan fingerprint density at radius 3 is 2.50 bits per heavy atom. The summed E-state index contributed by atoms with van der Waals surface area (Å²) in [5, 5.41) is 9.15. The molecule has 0 aliphatic heterocycles. The number of hydrogen-bond acceptors (Lipinski definition) is 3. The van der Waals surface area contributed by atoms with Crippen LogP contribution in [0.2, 0.25) is 0 Å². The number of sulfonamides is 1. The Hall–Kier alpha value is -2.39. The zero-order valence-electron chi connectivity index (χ0n) is 14.4. The van der Waals surface area contributed by atoms with Crippen LogP contribution < -0.4 is 4.31 Å². The molecule has 0 spiro atoms. The van der Waals surface area contributed by atoms with E-state index in [9.17, 15) is 12.8 Å². The van der Waals surface area contributed by atoms with E-state index in [1.807, 2.05) is 6.07 Å². The van der Waals surface area contributed by atoms with Crippen molar-refractivity contribution >= 4 is 15.7 Å². The summed E-state index contributed by atoms with van der Waals surface area (Å²) in [5.74, 6) is -0.534. The molecular weight excluding hydrogens is 351 g/mol. The first kappa shape index (κ1) is 18.4. The lowest BCUT2D eigenvalue weighted by molar-refractivity contribution is 0.366. The Labute approximate surface area is 153 Å². The maximum absolute atomic E-state index is 14.2. The van der Waals surface area contributed by atoms with Gasteiger partial charge in [-0.05, 0) is 49.1 Å². The average molecular weight is 372 g/mol. The molecule has 0 unspecified atom stereocenters. The van der Waals surface area contributed by atoms with Crippen LogP contribution in [-0.4, -0.2) is 15.0 Å². The zero-order chi connectivity index (χ0) is 18.6. The minimum atomic E-state index is -4.06. The van der Waals surface area contributed by atoms with Crippen molar-refractivity contribution in [1.82, 2.24) is 0 Å². The van der Waals surface area contributed by atoms with Crippen LogP contribution >= 0.6 is 0 Å². The van der Waals surface area contributed by atoms with Gasteiger partial charge in [-0.25, -0.2) is 12.8 Å². The van der Waals surface area contributed by atoms with Crippen LogP contribution in [0.1, 0.15) is 37.7 Å². The molecule has 1 saturated carbocycles. The summed E-state index contributed by atoms with van der Waals surface area (Å²) >= 11 is 0. The molecule has 4 nitrogen and oxygen atoms in total. The van der Waals surface area contributed by atoms with E-state index in [2.05, 4.69) is 0 Å². The lowest BCUT2D eigenvalue weighted by atomic mass is 9.89. The van der Waals surface area contributed by atoms with Crippen LogP contribution in [0, 0.1) is 23.1 Å². The SMILES string of the molecule is N#Cc1cccc(N(CC2CCCCC2)S(=O)(=O)c2ccccc2F)c1. The van der Waals surface area contributed by atoms with Gasteiger partial charge >= 0.3 is 0 Å². The highest BCUT2D eigenvalue weighted by Gasteiger charge is 2.30. The first-order valence-corrected chi connectivity index (χ1v) is 10.2. The molecule has 26 heavy (non-hydrogen) atoms. The number of benzene rings is 2. The van der Waals surface area contributed by atoms with Crippen LogP contribution in [-0.2, 0) is 10.0 Å². The standard InChI is InChI=1S/C20H21FN2O2S/c21-19-11-4-5-12-20(19)26(24,25)23(15-16-7-2-1-3-8-16)18-10-6-9-17(13-18)14-22/h4-6,9-13,16H,1-3,7-8,15H2. The van der Waals surface area contributed by atoms with Gasteiger partial charge in [0.1, 0.15) is 10.7 Å². The molecule has 0 amide bonds. The van der Waals surface area contributed by atoms with Gasteiger partial charge in [-0.1, -0.05) is 37.5 Å². The minimum absolute atomic E-state index is 0.232. The van der Waals surface area contributed by atoms with E-state index in [1.165, 1.54) is 28.9 Å². The van der Waals surface area contributed by atoms with Crippen LogP contribution in [0.4, 0.5) is 10.1 Å². The van der Waals surface area contributed by atoms with Crippen molar-refractivity contribution in [3.63, 3.8) is 0 Å². The molecule has 2 aromatic rings. The lowest BCUT2D eigenvalue weighted by Gasteiger charge is -2.31. The van der Waals surface area contributed by atoms with Gasteiger partial charge in [0.25, 0.3) is 10.0 Å². The fourth-order valence-corrected chi connectivity index (χ4v) is 5.05. The third kappa shape index (κ3) is 3.88. The maximum Gasteiger partial charge on any atom is 0.267 e. The van der Waals surface area contributed by atoms with Crippen molar-refractivity contribution in [2.45, 2.75) is 37.0 Å². The van der Waals surface area contributed by atoms with Crippen molar-refractivity contribution in [3.8, 4) is 6.07 Å². The van der Waals surface area contributed by atoms with Gasteiger partial charge in [-0.2, -0.15) is 5.26 Å². The van der Waals surface area contributed by atoms with Gasteiger partial charge in [0, 0.05) is 6.54 Å². The molecule has 0 bridgehead atoms. The van der Waals surface area contributed by atoms with E-state index in [4.69, 9.17) is 5.26 Å². The Balaban J connectivity index is 2.04. The third-order valence-corrected chi connectivity index (χ3v) is 6.64. The van der Waals surface area contributed by atoms with E-state index in [1.54, 1.807) is 24.3 Å². The number of hydrogen-bond donors (Lipinski definition) is 0. The van der Waals surface area contributed by atoms with E-state index >= 15 is 0 Å². The van der Waals surface area contributed by atoms with Gasteiger partial charge < -0.3 is 0 Å². The summed E-state index contributed by atoms with van der Waals surface area (Å²) in [6.07, 6.45) is 5.25. The van der Waals surface area contributed by atoms with Gasteiger partial charge in [-0.3, -0.25) is 4.31 Å². The lowest BCUT2D eigenvalue weighted by Crippen LogP contribution is -2.36. The van der Waals surface area contributed by atoms with Crippen molar-refractivity contribution in [2.75, 3.05) is 10.8 Å². The predicted molar refractivity (Wildman–Crippen MR) is 98.7 cm³/mol.